The van der Waals surface area contributed by atoms with Crippen LogP contribution in [0.25, 0.3) is 0 Å². The number of nitrogens with two attached hydrogens (primary N) is 1. The number of likely N-dealkylation sites (N-methyl/N-ethyl adjacent to an activating group) is 1. The Morgan fingerprint density at radius 1 is 0.974 bits per heavy atom. The lowest BCUT2D eigenvalue weighted by molar-refractivity contribution is -0.229. The van der Waals surface area contributed by atoms with Crippen molar-refractivity contribution in [3.63, 3.8) is 0 Å². The van der Waals surface area contributed by atoms with E-state index < -0.39 is 36.5 Å². The van der Waals surface area contributed by atoms with Gasteiger partial charge >= 0.3 is 12.4 Å². The van der Waals surface area contributed by atoms with Crippen molar-refractivity contribution in [3.8, 4) is 0 Å². The highest BCUT2D eigenvalue weighted by molar-refractivity contribution is 5.82. The Labute approximate surface area is 220 Å². The number of guanidine groups is 1. The molecule has 0 bridgehead atoms. The highest BCUT2D eigenvalue weighted by atomic mass is 19.4. The molecule has 7 nitrogen and oxygen atoms in total. The van der Waals surface area contributed by atoms with E-state index in [9.17, 15) is 31.1 Å². The molecule has 0 radical (unpaired) electrons. The van der Waals surface area contributed by atoms with E-state index in [1.807, 2.05) is 4.90 Å². The maximum absolute atomic E-state index is 13.7. The summed E-state index contributed by atoms with van der Waals surface area (Å²) in [5.41, 5.74) is 5.93. The molecule has 2 aliphatic carbocycles. The minimum atomic E-state index is -4.66. The van der Waals surface area contributed by atoms with Crippen LogP contribution in [-0.2, 0) is 9.63 Å². The van der Waals surface area contributed by atoms with Crippen molar-refractivity contribution >= 4 is 11.9 Å². The van der Waals surface area contributed by atoms with Crippen LogP contribution >= 0.6 is 0 Å². The molecule has 220 valence electrons. The van der Waals surface area contributed by atoms with Crippen LogP contribution in [0.4, 0.5) is 26.3 Å². The van der Waals surface area contributed by atoms with Crippen molar-refractivity contribution in [2.75, 3.05) is 46.9 Å². The van der Waals surface area contributed by atoms with Crippen LogP contribution in [0.2, 0.25) is 0 Å². The SMILES string of the molecule is CO/N=C(/N)N1CCN(C(C(=O)N(C)CCC2CC(C(F)(F)F)CC(C(F)(F)F)C2)C2CCCCC2)CC1. The maximum Gasteiger partial charge on any atom is 0.391 e. The standard InChI is InChI=1S/C25H41F6N5O2/c1-34(9-8-17-14-19(24(26,27)28)16-20(15-17)25(29,30)31)22(37)21(18-6-4-3-5-7-18)35-10-12-36(13-11-35)23(32)33-38-2/h17-21H,3-16H2,1-2H3,(H2,32,33). The molecule has 3 unspecified atom stereocenters. The molecule has 13 heteroatoms. The molecule has 2 saturated carbocycles. The number of hydrogen-bond acceptors (Lipinski definition) is 4. The number of alkyl halides is 6. The predicted molar refractivity (Wildman–Crippen MR) is 131 cm³/mol. The van der Waals surface area contributed by atoms with E-state index in [-0.39, 0.29) is 49.6 Å². The van der Waals surface area contributed by atoms with E-state index in [0.717, 1.165) is 32.1 Å². The maximum atomic E-state index is 13.7. The smallest absolute Gasteiger partial charge is 0.391 e. The Kier molecular flexibility index (Phi) is 10.4. The summed E-state index contributed by atoms with van der Waals surface area (Å²) in [6.07, 6.45) is -5.73. The molecule has 38 heavy (non-hydrogen) atoms. The quantitative estimate of drug-likeness (QED) is 0.217. The predicted octanol–water partition coefficient (Wildman–Crippen LogP) is 4.43. The minimum absolute atomic E-state index is 0.112. The summed E-state index contributed by atoms with van der Waals surface area (Å²) >= 11 is 0. The van der Waals surface area contributed by atoms with Gasteiger partial charge in [-0.1, -0.05) is 19.3 Å². The summed E-state index contributed by atoms with van der Waals surface area (Å²) in [6.45, 7) is 2.44. The van der Waals surface area contributed by atoms with Gasteiger partial charge in [-0.2, -0.15) is 26.3 Å². The number of oxime groups is 1. The molecule has 0 aromatic carbocycles. The van der Waals surface area contributed by atoms with Gasteiger partial charge in [-0.15, -0.1) is 0 Å². The molecule has 2 N–H and O–H groups in total. The van der Waals surface area contributed by atoms with Gasteiger partial charge in [0.15, 0.2) is 0 Å². The van der Waals surface area contributed by atoms with Crippen molar-refractivity contribution < 1.29 is 36.0 Å². The van der Waals surface area contributed by atoms with Crippen LogP contribution in [0.3, 0.4) is 0 Å². The number of hydrogen-bond donors (Lipinski definition) is 1. The van der Waals surface area contributed by atoms with E-state index >= 15 is 0 Å². The molecule has 1 amide bonds. The summed E-state index contributed by atoms with van der Waals surface area (Å²) in [5.74, 6) is -4.35. The highest BCUT2D eigenvalue weighted by Crippen LogP contribution is 2.48. The fourth-order valence-electron chi connectivity index (χ4n) is 6.41. The average molecular weight is 558 g/mol. The summed E-state index contributed by atoms with van der Waals surface area (Å²) < 4.78 is 80.3. The average Bonchev–Trinajstić information content (AvgIpc) is 2.87. The molecule has 3 atom stereocenters. The number of carbonyl (C=O) groups excluding carboxylic acids is 1. The van der Waals surface area contributed by atoms with Crippen LogP contribution in [-0.4, -0.2) is 91.8 Å². The van der Waals surface area contributed by atoms with Gasteiger partial charge in [0, 0.05) is 39.8 Å². The second-order valence-electron chi connectivity index (χ2n) is 11.1. The van der Waals surface area contributed by atoms with Gasteiger partial charge in [-0.25, -0.2) is 0 Å². The second kappa shape index (κ2) is 13.0. The van der Waals surface area contributed by atoms with Crippen molar-refractivity contribution in [1.82, 2.24) is 14.7 Å². The third-order valence-electron chi connectivity index (χ3n) is 8.55. The molecular formula is C25H41F6N5O2. The second-order valence-corrected chi connectivity index (χ2v) is 11.1. The number of rotatable bonds is 7. The third kappa shape index (κ3) is 8.05. The largest absolute Gasteiger partial charge is 0.396 e. The lowest BCUT2D eigenvalue weighted by atomic mass is 9.73. The molecular weight excluding hydrogens is 516 g/mol. The van der Waals surface area contributed by atoms with Gasteiger partial charge < -0.3 is 20.4 Å². The first-order valence-corrected chi connectivity index (χ1v) is 13.5. The van der Waals surface area contributed by atoms with Crippen molar-refractivity contribution in [2.45, 2.75) is 76.2 Å². The normalized spacial score (nSPS) is 27.7. The summed E-state index contributed by atoms with van der Waals surface area (Å²) in [4.78, 5) is 24.0. The number of piperazine rings is 1. The zero-order chi connectivity index (χ0) is 28.1. The number of amides is 1. The Morgan fingerprint density at radius 2 is 1.53 bits per heavy atom. The molecule has 3 aliphatic rings. The van der Waals surface area contributed by atoms with E-state index in [1.165, 1.54) is 12.0 Å². The Balaban J connectivity index is 1.65. The molecule has 1 saturated heterocycles. The zero-order valence-corrected chi connectivity index (χ0v) is 22.2. The first-order chi connectivity index (χ1) is 17.8. The van der Waals surface area contributed by atoms with Gasteiger partial charge in [0.1, 0.15) is 7.11 Å². The topological polar surface area (TPSA) is 74.4 Å². The summed E-state index contributed by atoms with van der Waals surface area (Å²) in [6, 6.07) is -0.375. The van der Waals surface area contributed by atoms with Crippen LogP contribution in [0.5, 0.6) is 0 Å². The minimum Gasteiger partial charge on any atom is -0.396 e. The third-order valence-corrected chi connectivity index (χ3v) is 8.55. The van der Waals surface area contributed by atoms with E-state index in [4.69, 9.17) is 10.6 Å². The molecule has 1 heterocycles. The van der Waals surface area contributed by atoms with Crippen LogP contribution < -0.4 is 5.73 Å². The van der Waals surface area contributed by atoms with Crippen molar-refractivity contribution in [3.05, 3.63) is 0 Å². The van der Waals surface area contributed by atoms with Crippen LogP contribution in [0.1, 0.15) is 57.8 Å². The fourth-order valence-corrected chi connectivity index (χ4v) is 6.41. The first kappa shape index (κ1) is 30.6. The molecule has 1 aliphatic heterocycles. The Morgan fingerprint density at radius 3 is 2.03 bits per heavy atom. The Hall–Kier alpha value is -1.92. The van der Waals surface area contributed by atoms with E-state index in [1.54, 1.807) is 7.05 Å². The van der Waals surface area contributed by atoms with Crippen molar-refractivity contribution in [2.24, 2.45) is 34.6 Å². The van der Waals surface area contributed by atoms with Gasteiger partial charge in [-0.05, 0) is 55.5 Å². The van der Waals surface area contributed by atoms with E-state index in [0.29, 0.717) is 26.2 Å². The van der Waals surface area contributed by atoms with Gasteiger partial charge in [0.2, 0.25) is 11.9 Å². The van der Waals surface area contributed by atoms with Crippen LogP contribution in [0.15, 0.2) is 5.16 Å². The van der Waals surface area contributed by atoms with Crippen LogP contribution in [0, 0.1) is 23.7 Å². The summed E-state index contributed by atoms with van der Waals surface area (Å²) in [7, 11) is 3.03. The molecule has 0 aromatic heterocycles. The molecule has 3 fully saturated rings. The molecule has 3 rings (SSSR count). The van der Waals surface area contributed by atoms with E-state index in [2.05, 4.69) is 10.1 Å². The summed E-state index contributed by atoms with van der Waals surface area (Å²) in [5, 5.41) is 3.77. The monoisotopic (exact) mass is 557 g/mol. The lowest BCUT2D eigenvalue weighted by Gasteiger charge is -2.44. The zero-order valence-electron chi connectivity index (χ0n) is 22.2. The fraction of sp³-hybridized carbons (Fsp3) is 0.920. The Bertz CT molecular complexity index is 772. The van der Waals surface area contributed by atoms with Gasteiger partial charge in [-0.3, -0.25) is 9.69 Å². The highest BCUT2D eigenvalue weighted by Gasteiger charge is 2.51. The van der Waals surface area contributed by atoms with Gasteiger partial charge in [0.25, 0.3) is 0 Å². The number of carbonyl (C=O) groups is 1. The number of halogens is 6. The molecule has 0 aromatic rings. The van der Waals surface area contributed by atoms with Crippen molar-refractivity contribution in [1.29, 1.82) is 0 Å². The van der Waals surface area contributed by atoms with Gasteiger partial charge in [0.05, 0.1) is 17.9 Å². The molecule has 0 spiro atoms. The lowest BCUT2D eigenvalue weighted by Crippen LogP contribution is -2.59. The first-order valence-electron chi connectivity index (χ1n) is 13.5. The number of nitrogens with zero attached hydrogens (tertiary/aromatic N) is 4.